The van der Waals surface area contributed by atoms with E-state index in [-0.39, 0.29) is 12.1 Å². The number of nitrogens with zero attached hydrogens (tertiary/aromatic N) is 4. The fraction of sp³-hybridized carbons (Fsp3) is 0.706. The van der Waals surface area contributed by atoms with Gasteiger partial charge in [0.25, 0.3) is 0 Å². The van der Waals surface area contributed by atoms with Gasteiger partial charge in [-0.3, -0.25) is 0 Å². The summed E-state index contributed by atoms with van der Waals surface area (Å²) < 4.78 is 5.79. The Kier molecular flexibility index (Phi) is 4.51. The highest BCUT2D eigenvalue weighted by atomic mass is 16.5. The number of nitrogens with one attached hydrogen (secondary N) is 1. The number of piperidine rings is 4. The SMILES string of the molecule is O=C(NC1CN2CCC1CC2)N1CCC(Oc2ncccn2)CC1. The molecule has 5 heterocycles. The third-order valence-corrected chi connectivity index (χ3v) is 5.51. The Bertz CT molecular complexity index is 553. The molecule has 2 amide bonds. The van der Waals surface area contributed by atoms with E-state index in [1.165, 1.54) is 25.9 Å². The van der Waals surface area contributed by atoms with Crippen LogP contribution >= 0.6 is 0 Å². The number of amides is 2. The number of fused-ring (bicyclic) bond motifs is 3. The zero-order valence-electron chi connectivity index (χ0n) is 13.9. The van der Waals surface area contributed by atoms with Gasteiger partial charge in [0.15, 0.2) is 0 Å². The van der Waals surface area contributed by atoms with Crippen LogP contribution in [0, 0.1) is 5.92 Å². The quantitative estimate of drug-likeness (QED) is 0.899. The predicted molar refractivity (Wildman–Crippen MR) is 88.7 cm³/mol. The molecule has 4 fully saturated rings. The molecule has 1 aromatic heterocycles. The molecule has 0 aliphatic carbocycles. The zero-order chi connectivity index (χ0) is 16.4. The van der Waals surface area contributed by atoms with Gasteiger partial charge >= 0.3 is 12.0 Å². The minimum Gasteiger partial charge on any atom is -0.460 e. The number of aromatic nitrogens is 2. The monoisotopic (exact) mass is 331 g/mol. The molecular formula is C17H25N5O2. The number of carbonyl (C=O) groups is 1. The van der Waals surface area contributed by atoms with E-state index in [2.05, 4.69) is 20.2 Å². The third kappa shape index (κ3) is 3.45. The average Bonchev–Trinajstić information content (AvgIpc) is 2.64. The maximum atomic E-state index is 12.5. The van der Waals surface area contributed by atoms with Crippen LogP contribution in [0.5, 0.6) is 6.01 Å². The van der Waals surface area contributed by atoms with Crippen LogP contribution in [0.2, 0.25) is 0 Å². The second-order valence-corrected chi connectivity index (χ2v) is 7.03. The first-order valence-electron chi connectivity index (χ1n) is 8.99. The Hall–Kier alpha value is -1.89. The molecule has 4 saturated heterocycles. The highest BCUT2D eigenvalue weighted by Gasteiger charge is 2.36. The lowest BCUT2D eigenvalue weighted by atomic mass is 9.84. The number of urea groups is 1. The zero-order valence-corrected chi connectivity index (χ0v) is 13.9. The van der Waals surface area contributed by atoms with E-state index in [0.29, 0.717) is 18.0 Å². The molecule has 4 aliphatic heterocycles. The van der Waals surface area contributed by atoms with E-state index in [4.69, 9.17) is 4.74 Å². The largest absolute Gasteiger partial charge is 0.460 e. The Morgan fingerprint density at radius 3 is 2.42 bits per heavy atom. The summed E-state index contributed by atoms with van der Waals surface area (Å²) in [6.45, 7) is 4.86. The summed E-state index contributed by atoms with van der Waals surface area (Å²) in [5, 5.41) is 3.26. The molecule has 1 unspecified atom stereocenters. The van der Waals surface area contributed by atoms with Crippen LogP contribution in [-0.2, 0) is 0 Å². The molecule has 24 heavy (non-hydrogen) atoms. The van der Waals surface area contributed by atoms with Crippen molar-refractivity contribution in [1.29, 1.82) is 0 Å². The second kappa shape index (κ2) is 6.93. The highest BCUT2D eigenvalue weighted by Crippen LogP contribution is 2.27. The van der Waals surface area contributed by atoms with E-state index in [0.717, 1.165) is 32.5 Å². The Labute approximate surface area is 142 Å². The molecule has 0 spiro atoms. The summed E-state index contributed by atoms with van der Waals surface area (Å²) >= 11 is 0. The molecule has 1 N–H and O–H groups in total. The van der Waals surface area contributed by atoms with Crippen LogP contribution in [0.3, 0.4) is 0 Å². The van der Waals surface area contributed by atoms with Crippen molar-refractivity contribution in [2.24, 2.45) is 5.92 Å². The van der Waals surface area contributed by atoms with E-state index < -0.39 is 0 Å². The molecule has 2 bridgehead atoms. The summed E-state index contributed by atoms with van der Waals surface area (Å²) in [7, 11) is 0. The van der Waals surface area contributed by atoms with Gasteiger partial charge in [0.1, 0.15) is 6.10 Å². The summed E-state index contributed by atoms with van der Waals surface area (Å²) in [6, 6.07) is 2.61. The van der Waals surface area contributed by atoms with Crippen LogP contribution in [0.4, 0.5) is 4.79 Å². The van der Waals surface area contributed by atoms with E-state index in [1.807, 2.05) is 4.90 Å². The summed E-state index contributed by atoms with van der Waals surface area (Å²) in [5.41, 5.74) is 0. The molecule has 1 aromatic rings. The van der Waals surface area contributed by atoms with Gasteiger partial charge in [-0.2, -0.15) is 0 Å². The first-order valence-corrected chi connectivity index (χ1v) is 8.99. The van der Waals surface area contributed by atoms with Gasteiger partial charge in [0, 0.05) is 50.9 Å². The highest BCUT2D eigenvalue weighted by molar-refractivity contribution is 5.74. The molecule has 7 nitrogen and oxygen atoms in total. The molecule has 130 valence electrons. The number of hydrogen-bond donors (Lipinski definition) is 1. The minimum absolute atomic E-state index is 0.0863. The van der Waals surface area contributed by atoms with Gasteiger partial charge in [-0.05, 0) is 37.9 Å². The predicted octanol–water partition coefficient (Wildman–Crippen LogP) is 1.12. The lowest BCUT2D eigenvalue weighted by Crippen LogP contribution is -2.59. The topological polar surface area (TPSA) is 70.6 Å². The van der Waals surface area contributed by atoms with E-state index in [9.17, 15) is 4.79 Å². The van der Waals surface area contributed by atoms with Crippen LogP contribution in [0.15, 0.2) is 18.5 Å². The lowest BCUT2D eigenvalue weighted by molar-refractivity contribution is 0.0671. The average molecular weight is 331 g/mol. The van der Waals surface area contributed by atoms with Gasteiger partial charge in [-0.1, -0.05) is 0 Å². The maximum absolute atomic E-state index is 12.5. The van der Waals surface area contributed by atoms with Crippen molar-refractivity contribution in [3.63, 3.8) is 0 Å². The lowest BCUT2D eigenvalue weighted by Gasteiger charge is -2.45. The smallest absolute Gasteiger partial charge is 0.317 e. The molecule has 4 aliphatic rings. The fourth-order valence-corrected chi connectivity index (χ4v) is 4.05. The van der Waals surface area contributed by atoms with Gasteiger partial charge in [0.05, 0.1) is 0 Å². The van der Waals surface area contributed by atoms with Crippen molar-refractivity contribution in [2.75, 3.05) is 32.7 Å². The van der Waals surface area contributed by atoms with Crippen molar-refractivity contribution in [3.8, 4) is 6.01 Å². The van der Waals surface area contributed by atoms with E-state index >= 15 is 0 Å². The fourth-order valence-electron chi connectivity index (χ4n) is 4.05. The summed E-state index contributed by atoms with van der Waals surface area (Å²) in [5.74, 6) is 0.662. The van der Waals surface area contributed by atoms with Crippen molar-refractivity contribution >= 4 is 6.03 Å². The molecule has 0 saturated carbocycles. The maximum Gasteiger partial charge on any atom is 0.317 e. The Morgan fingerprint density at radius 2 is 1.79 bits per heavy atom. The molecule has 0 aromatic carbocycles. The molecule has 1 atom stereocenters. The van der Waals surface area contributed by atoms with E-state index in [1.54, 1.807) is 18.5 Å². The van der Waals surface area contributed by atoms with Crippen molar-refractivity contribution < 1.29 is 9.53 Å². The van der Waals surface area contributed by atoms with Crippen molar-refractivity contribution in [1.82, 2.24) is 25.1 Å². The number of hydrogen-bond acceptors (Lipinski definition) is 5. The number of ether oxygens (including phenoxy) is 1. The molecular weight excluding hydrogens is 306 g/mol. The number of likely N-dealkylation sites (tertiary alicyclic amines) is 1. The third-order valence-electron chi connectivity index (χ3n) is 5.51. The van der Waals surface area contributed by atoms with Crippen molar-refractivity contribution in [2.45, 2.75) is 37.8 Å². The molecule has 0 radical (unpaired) electrons. The first-order chi connectivity index (χ1) is 11.8. The van der Waals surface area contributed by atoms with Crippen LogP contribution < -0.4 is 10.1 Å². The first kappa shape index (κ1) is 15.6. The number of carbonyl (C=O) groups excluding carboxylic acids is 1. The number of rotatable bonds is 3. The van der Waals surface area contributed by atoms with Crippen LogP contribution in [-0.4, -0.2) is 70.7 Å². The standard InChI is InChI=1S/C17H25N5O2/c23-17(20-15-12-21-8-2-13(15)3-9-21)22-10-4-14(5-11-22)24-16-18-6-1-7-19-16/h1,6-7,13-15H,2-5,8-12H2,(H,20,23). The van der Waals surface area contributed by atoms with Crippen LogP contribution in [0.1, 0.15) is 25.7 Å². The van der Waals surface area contributed by atoms with Gasteiger partial charge < -0.3 is 19.9 Å². The molecule has 7 heteroatoms. The normalized spacial score (nSPS) is 30.2. The summed E-state index contributed by atoms with van der Waals surface area (Å²) in [4.78, 5) is 25.1. The molecule has 5 rings (SSSR count). The van der Waals surface area contributed by atoms with Crippen molar-refractivity contribution in [3.05, 3.63) is 18.5 Å². The van der Waals surface area contributed by atoms with Crippen LogP contribution in [0.25, 0.3) is 0 Å². The van der Waals surface area contributed by atoms with Gasteiger partial charge in [-0.25, -0.2) is 14.8 Å². The Morgan fingerprint density at radius 1 is 1.08 bits per heavy atom. The summed E-state index contributed by atoms with van der Waals surface area (Å²) in [6.07, 6.45) is 7.54. The van der Waals surface area contributed by atoms with Gasteiger partial charge in [0.2, 0.25) is 0 Å². The minimum atomic E-state index is 0.0863. The second-order valence-electron chi connectivity index (χ2n) is 7.03. The Balaban J connectivity index is 1.24. The van der Waals surface area contributed by atoms with Gasteiger partial charge in [-0.15, -0.1) is 0 Å².